The standard InChI is InChI=1S/C17H22N6O/c1-12-6-9-22(17(24)4-7-18)11-14(12)21(3)16-10-13(2)20-15-5-8-19-23(15)16/h5,8,10,12,14H,4,6,9,11H2,1-3H3/t12-,14+/m1/s1. The summed E-state index contributed by atoms with van der Waals surface area (Å²) in [6, 6.07) is 6.03. The summed E-state index contributed by atoms with van der Waals surface area (Å²) >= 11 is 0. The minimum Gasteiger partial charge on any atom is -0.354 e. The lowest BCUT2D eigenvalue weighted by Crippen LogP contribution is -2.53. The number of likely N-dealkylation sites (N-methyl/N-ethyl adjacent to an activating group) is 1. The second-order valence-corrected chi connectivity index (χ2v) is 6.48. The van der Waals surface area contributed by atoms with Gasteiger partial charge in [0.15, 0.2) is 5.65 Å². The van der Waals surface area contributed by atoms with E-state index in [2.05, 4.69) is 21.9 Å². The summed E-state index contributed by atoms with van der Waals surface area (Å²) in [7, 11) is 2.04. The third kappa shape index (κ3) is 2.92. The number of nitriles is 1. The van der Waals surface area contributed by atoms with Crippen LogP contribution in [0.15, 0.2) is 18.3 Å². The highest BCUT2D eigenvalue weighted by molar-refractivity contribution is 5.78. The second-order valence-electron chi connectivity index (χ2n) is 6.48. The fourth-order valence-electron chi connectivity index (χ4n) is 3.40. The van der Waals surface area contributed by atoms with E-state index < -0.39 is 0 Å². The molecule has 0 aromatic carbocycles. The molecule has 2 atom stereocenters. The van der Waals surface area contributed by atoms with Crippen molar-refractivity contribution in [3.8, 4) is 6.07 Å². The van der Waals surface area contributed by atoms with E-state index in [1.165, 1.54) is 0 Å². The maximum absolute atomic E-state index is 12.1. The van der Waals surface area contributed by atoms with Gasteiger partial charge in [-0.1, -0.05) is 6.92 Å². The van der Waals surface area contributed by atoms with Crippen LogP contribution in [0.25, 0.3) is 5.65 Å². The first-order valence-corrected chi connectivity index (χ1v) is 8.20. The van der Waals surface area contributed by atoms with Crippen LogP contribution in [0, 0.1) is 24.2 Å². The van der Waals surface area contributed by atoms with Gasteiger partial charge in [-0.25, -0.2) is 4.98 Å². The Bertz CT molecular complexity index is 792. The Balaban J connectivity index is 1.89. The third-order valence-corrected chi connectivity index (χ3v) is 4.83. The zero-order valence-electron chi connectivity index (χ0n) is 14.3. The largest absolute Gasteiger partial charge is 0.354 e. The minimum absolute atomic E-state index is 0.0530. The predicted molar refractivity (Wildman–Crippen MR) is 90.5 cm³/mol. The summed E-state index contributed by atoms with van der Waals surface area (Å²) in [6.07, 6.45) is 2.62. The maximum atomic E-state index is 12.1. The van der Waals surface area contributed by atoms with Gasteiger partial charge < -0.3 is 9.80 Å². The number of carbonyl (C=O) groups excluding carboxylic acids is 1. The van der Waals surface area contributed by atoms with Crippen molar-refractivity contribution in [2.45, 2.75) is 32.7 Å². The number of hydrogen-bond acceptors (Lipinski definition) is 5. The SMILES string of the molecule is Cc1cc(N(C)[C@H]2CN(C(=O)CC#N)CC[C@H]2C)n2nccc2n1. The Hall–Kier alpha value is -2.62. The summed E-state index contributed by atoms with van der Waals surface area (Å²) in [5.41, 5.74) is 1.75. The van der Waals surface area contributed by atoms with E-state index in [4.69, 9.17) is 5.26 Å². The molecule has 0 saturated carbocycles. The molecule has 7 heteroatoms. The normalized spacial score (nSPS) is 20.8. The quantitative estimate of drug-likeness (QED) is 0.856. The molecular weight excluding hydrogens is 304 g/mol. The van der Waals surface area contributed by atoms with E-state index in [1.807, 2.05) is 36.7 Å². The Morgan fingerprint density at radius 2 is 2.33 bits per heavy atom. The number of rotatable bonds is 3. The first kappa shape index (κ1) is 16.2. The highest BCUT2D eigenvalue weighted by Crippen LogP contribution is 2.26. The van der Waals surface area contributed by atoms with Crippen LogP contribution in [0.5, 0.6) is 0 Å². The van der Waals surface area contributed by atoms with Gasteiger partial charge in [0.2, 0.25) is 5.91 Å². The van der Waals surface area contributed by atoms with E-state index in [1.54, 1.807) is 11.1 Å². The first-order chi connectivity index (χ1) is 11.5. The molecule has 1 aliphatic heterocycles. The number of carbonyl (C=O) groups is 1. The Labute approximate surface area is 141 Å². The second kappa shape index (κ2) is 6.48. The van der Waals surface area contributed by atoms with Gasteiger partial charge in [-0.2, -0.15) is 14.9 Å². The van der Waals surface area contributed by atoms with Gasteiger partial charge in [-0.3, -0.25) is 4.79 Å². The van der Waals surface area contributed by atoms with E-state index in [-0.39, 0.29) is 18.4 Å². The van der Waals surface area contributed by atoms with Crippen molar-refractivity contribution in [1.82, 2.24) is 19.5 Å². The van der Waals surface area contributed by atoms with Crippen LogP contribution in [-0.4, -0.2) is 51.6 Å². The number of likely N-dealkylation sites (tertiary alicyclic amines) is 1. The van der Waals surface area contributed by atoms with Crippen molar-refractivity contribution in [3.63, 3.8) is 0 Å². The minimum atomic E-state index is -0.0852. The fourth-order valence-corrected chi connectivity index (χ4v) is 3.40. The molecule has 0 aliphatic carbocycles. The fraction of sp³-hybridized carbons (Fsp3) is 0.529. The Kier molecular flexibility index (Phi) is 4.38. The van der Waals surface area contributed by atoms with Crippen LogP contribution < -0.4 is 4.90 Å². The van der Waals surface area contributed by atoms with Gasteiger partial charge in [0.1, 0.15) is 12.2 Å². The molecular formula is C17H22N6O. The van der Waals surface area contributed by atoms with Crippen LogP contribution in [0.1, 0.15) is 25.5 Å². The molecule has 0 unspecified atom stereocenters. The van der Waals surface area contributed by atoms with Crippen molar-refractivity contribution in [1.29, 1.82) is 5.26 Å². The summed E-state index contributed by atoms with van der Waals surface area (Å²) in [5, 5.41) is 13.1. The van der Waals surface area contributed by atoms with Crippen molar-refractivity contribution in [3.05, 3.63) is 24.0 Å². The van der Waals surface area contributed by atoms with E-state index in [9.17, 15) is 4.79 Å². The monoisotopic (exact) mass is 326 g/mol. The van der Waals surface area contributed by atoms with E-state index in [0.29, 0.717) is 12.5 Å². The number of aromatic nitrogens is 3. The summed E-state index contributed by atoms with van der Waals surface area (Å²) in [5.74, 6) is 1.33. The van der Waals surface area contributed by atoms with Crippen molar-refractivity contribution in [2.75, 3.05) is 25.0 Å². The molecule has 2 aromatic rings. The molecule has 126 valence electrons. The first-order valence-electron chi connectivity index (χ1n) is 8.20. The molecule has 0 bridgehead atoms. The lowest BCUT2D eigenvalue weighted by molar-refractivity contribution is -0.131. The molecule has 1 aliphatic rings. The molecule has 1 saturated heterocycles. The molecule has 0 radical (unpaired) electrons. The van der Waals surface area contributed by atoms with Gasteiger partial charge in [0.05, 0.1) is 18.3 Å². The topological polar surface area (TPSA) is 77.5 Å². The molecule has 7 nitrogen and oxygen atoms in total. The molecule has 24 heavy (non-hydrogen) atoms. The van der Waals surface area contributed by atoms with Crippen LogP contribution in [-0.2, 0) is 4.79 Å². The van der Waals surface area contributed by atoms with Gasteiger partial charge in [-0.15, -0.1) is 0 Å². The third-order valence-electron chi connectivity index (χ3n) is 4.83. The molecule has 1 fully saturated rings. The van der Waals surface area contributed by atoms with Crippen molar-refractivity contribution >= 4 is 17.4 Å². The van der Waals surface area contributed by atoms with Crippen LogP contribution in [0.2, 0.25) is 0 Å². The maximum Gasteiger partial charge on any atom is 0.236 e. The van der Waals surface area contributed by atoms with Gasteiger partial charge in [-0.05, 0) is 19.3 Å². The van der Waals surface area contributed by atoms with Crippen LogP contribution in [0.3, 0.4) is 0 Å². The lowest BCUT2D eigenvalue weighted by atomic mass is 9.92. The number of fused-ring (bicyclic) bond motifs is 1. The average molecular weight is 326 g/mol. The lowest BCUT2D eigenvalue weighted by Gasteiger charge is -2.42. The van der Waals surface area contributed by atoms with Gasteiger partial charge in [0, 0.05) is 38.0 Å². The molecule has 0 spiro atoms. The number of amides is 1. The predicted octanol–water partition coefficient (Wildman–Crippen LogP) is 1.62. The molecule has 1 amide bonds. The Morgan fingerprint density at radius 1 is 1.54 bits per heavy atom. The number of hydrogen-bond donors (Lipinski definition) is 0. The zero-order valence-corrected chi connectivity index (χ0v) is 14.3. The average Bonchev–Trinajstić information content (AvgIpc) is 3.02. The summed E-state index contributed by atoms with van der Waals surface area (Å²) in [6.45, 7) is 5.53. The molecule has 3 rings (SSSR count). The van der Waals surface area contributed by atoms with Gasteiger partial charge >= 0.3 is 0 Å². The smallest absolute Gasteiger partial charge is 0.236 e. The number of nitrogens with zero attached hydrogens (tertiary/aromatic N) is 6. The Morgan fingerprint density at radius 3 is 3.08 bits per heavy atom. The van der Waals surface area contributed by atoms with E-state index in [0.717, 1.165) is 30.1 Å². The highest BCUT2D eigenvalue weighted by atomic mass is 16.2. The van der Waals surface area contributed by atoms with Crippen molar-refractivity contribution in [2.24, 2.45) is 5.92 Å². The van der Waals surface area contributed by atoms with E-state index >= 15 is 0 Å². The van der Waals surface area contributed by atoms with Crippen LogP contribution >= 0.6 is 0 Å². The number of anilines is 1. The van der Waals surface area contributed by atoms with Crippen molar-refractivity contribution < 1.29 is 4.79 Å². The zero-order chi connectivity index (χ0) is 17.3. The highest BCUT2D eigenvalue weighted by Gasteiger charge is 2.32. The van der Waals surface area contributed by atoms with Gasteiger partial charge in [0.25, 0.3) is 0 Å². The summed E-state index contributed by atoms with van der Waals surface area (Å²) in [4.78, 5) is 20.6. The van der Waals surface area contributed by atoms with Crippen LogP contribution in [0.4, 0.5) is 5.82 Å². The molecule has 2 aromatic heterocycles. The molecule has 0 N–H and O–H groups in total. The summed E-state index contributed by atoms with van der Waals surface area (Å²) < 4.78 is 1.83. The number of aryl methyl sites for hydroxylation is 1. The molecule has 3 heterocycles. The number of piperidine rings is 1.